The molecule has 24 heteroatoms. The Bertz CT molecular complexity index is 3670. The number of piperidine rings is 2. The number of halogens is 2. The summed E-state index contributed by atoms with van der Waals surface area (Å²) in [7, 11) is 0. The van der Waals surface area contributed by atoms with E-state index in [1.165, 1.54) is 6.07 Å². The average molecular weight is 1130 g/mol. The van der Waals surface area contributed by atoms with Crippen LogP contribution in [0.2, 0.25) is 5.02 Å². The van der Waals surface area contributed by atoms with Crippen LogP contribution in [-0.2, 0) is 35.3 Å². The van der Waals surface area contributed by atoms with Gasteiger partial charge in [0.15, 0.2) is 12.1 Å². The molecular formula is C56H60ClFN13O8S+. The average Bonchev–Trinajstić information content (AvgIpc) is 4.27. The Morgan fingerprint density at radius 2 is 1.68 bits per heavy atom. The number of quaternary nitrogens is 1. The number of aryl methyl sites for hydroxylation is 2. The lowest BCUT2D eigenvalue weighted by Crippen LogP contribution is -2.66. The molecule has 1 unspecified atom stereocenters. The molecule has 6 aliphatic heterocycles. The highest BCUT2D eigenvalue weighted by molar-refractivity contribution is 7.15. The van der Waals surface area contributed by atoms with Gasteiger partial charge in [-0.25, -0.2) is 9.18 Å². The number of amides is 5. The summed E-state index contributed by atoms with van der Waals surface area (Å²) < 4.78 is 26.1. The second-order valence-electron chi connectivity index (χ2n) is 21.5. The van der Waals surface area contributed by atoms with Crippen molar-refractivity contribution in [1.29, 1.82) is 0 Å². The number of likely N-dealkylation sites (tertiary alicyclic amines) is 1. The van der Waals surface area contributed by atoms with Gasteiger partial charge in [-0.05, 0) is 75.1 Å². The summed E-state index contributed by atoms with van der Waals surface area (Å²) >= 11 is 7.97. The van der Waals surface area contributed by atoms with Crippen LogP contribution in [0.1, 0.15) is 89.4 Å². The van der Waals surface area contributed by atoms with Gasteiger partial charge in [0, 0.05) is 88.2 Å². The highest BCUT2D eigenvalue weighted by atomic mass is 35.5. The van der Waals surface area contributed by atoms with E-state index < -0.39 is 42.6 Å². The van der Waals surface area contributed by atoms with Crippen molar-refractivity contribution in [2.24, 2.45) is 10.9 Å². The molecule has 3 aromatic carbocycles. The summed E-state index contributed by atoms with van der Waals surface area (Å²) in [5.41, 5.74) is 6.44. The SMILES string of the molecule is Cc1sc2c(c1C)C(c1ccc(Cl)cc1)=N[C@@H](CC(=O)N1CCC(C(=O)N3CCOC(CC(=O)[N+]45CCC(CC4)c4nn(CC(=O)NCC(=O)NCC(O)O)c6cccc(c46)-c4cc6c(cnn65)cc4F)C3)CC1)c1nnc(C)n1-2. The molecule has 3 saturated heterocycles. The van der Waals surface area contributed by atoms with Gasteiger partial charge < -0.3 is 35.4 Å². The molecule has 2 atom stereocenters. The number of aromatic nitrogens is 7. The number of hydrogen-bond donors (Lipinski definition) is 4. The smallest absolute Gasteiger partial charge is 0.342 e. The van der Waals surface area contributed by atoms with Gasteiger partial charge in [0.25, 0.3) is 0 Å². The number of carbonyl (C=O) groups excluding carboxylic acids is 5. The fraction of sp³-hybridized carbons (Fsp3) is 0.429. The van der Waals surface area contributed by atoms with E-state index in [0.717, 1.165) is 32.3 Å². The Kier molecular flexibility index (Phi) is 14.2. The summed E-state index contributed by atoms with van der Waals surface area (Å²) in [6.45, 7) is 7.36. The minimum absolute atomic E-state index is 0.00701. The van der Waals surface area contributed by atoms with Crippen molar-refractivity contribution < 1.29 is 43.3 Å². The lowest BCUT2D eigenvalue weighted by Gasteiger charge is -2.41. The second kappa shape index (κ2) is 21.3. The van der Waals surface area contributed by atoms with E-state index in [2.05, 4.69) is 34.7 Å². The van der Waals surface area contributed by atoms with Crippen molar-refractivity contribution in [1.82, 2.24) is 59.5 Å². The predicted octanol–water partition coefficient (Wildman–Crippen LogP) is 4.65. The Morgan fingerprint density at radius 3 is 2.44 bits per heavy atom. The molecule has 10 heterocycles. The number of hydrogen-bond acceptors (Lipinski definition) is 14. The topological polar surface area (TPSA) is 244 Å². The maximum atomic E-state index is 16.4. The molecule has 4 aromatic heterocycles. The first kappa shape index (κ1) is 53.4. The molecule has 5 amide bonds. The van der Waals surface area contributed by atoms with Gasteiger partial charge in [-0.15, -0.1) is 31.2 Å². The maximum absolute atomic E-state index is 16.4. The van der Waals surface area contributed by atoms with Gasteiger partial charge >= 0.3 is 5.91 Å². The van der Waals surface area contributed by atoms with E-state index in [9.17, 15) is 19.2 Å². The number of fused-ring (bicyclic) bond motifs is 5. The zero-order chi connectivity index (χ0) is 55.7. The highest BCUT2D eigenvalue weighted by Crippen LogP contribution is 2.44. The standard InChI is InChI=1S/C56H59ClFN13O8S/c1-30-31(2)80-56-50(30)52(33-7-9-37(57)10-8-33)62-42(54-64-63-32(3)69(54)56)24-47(74)66-15-11-35(12-16-66)55(78)67-17-20-79-38(28-67)22-48(75)71-18-13-34(14-19-71)53-51-39(40-23-44-36(21-41(40)58)25-61-70(44)71)5-4-6-43(51)68(65-53)29-46(73)59-26-45(72)60-27-49(76)77/h4-10,21,23,25,34-35,38,42,49,76-77H,11-20,22,24,26-29H2,1-3H3,(H-,59,60,72,73)/p+1/t34?,38?,42-,71?/m0/s1. The Hall–Kier alpha value is -7.28. The van der Waals surface area contributed by atoms with Gasteiger partial charge in [-0.3, -0.25) is 33.4 Å². The third kappa shape index (κ3) is 9.65. The first-order valence-electron chi connectivity index (χ1n) is 27.1. The molecule has 7 aromatic rings. The number of morpholine rings is 1. The van der Waals surface area contributed by atoms with Gasteiger partial charge in [-0.1, -0.05) is 40.7 Å². The molecule has 0 aliphatic carbocycles. The number of rotatable bonds is 12. The summed E-state index contributed by atoms with van der Waals surface area (Å²) in [6, 6.07) is 15.5. The quantitative estimate of drug-likeness (QED) is 0.0966. The fourth-order valence-corrected chi connectivity index (χ4v) is 13.7. The first-order valence-corrected chi connectivity index (χ1v) is 28.3. The minimum Gasteiger partial charge on any atom is -0.374 e. The number of nitrogens with one attached hydrogen (secondary N) is 2. The van der Waals surface area contributed by atoms with Crippen molar-refractivity contribution in [2.45, 2.75) is 90.2 Å². The van der Waals surface area contributed by atoms with Crippen molar-refractivity contribution in [2.75, 3.05) is 59.0 Å². The van der Waals surface area contributed by atoms with E-state index in [1.54, 1.807) is 44.0 Å². The molecule has 80 heavy (non-hydrogen) atoms. The van der Waals surface area contributed by atoms with Crippen molar-refractivity contribution >= 4 is 80.0 Å². The summed E-state index contributed by atoms with van der Waals surface area (Å²) in [6.07, 6.45) is 1.28. The zero-order valence-corrected chi connectivity index (χ0v) is 46.0. The van der Waals surface area contributed by atoms with Crippen LogP contribution in [-0.4, -0.2) is 161 Å². The minimum atomic E-state index is -1.73. The van der Waals surface area contributed by atoms with Crippen LogP contribution in [0.5, 0.6) is 0 Å². The molecule has 13 rings (SSSR count). The van der Waals surface area contributed by atoms with Crippen LogP contribution in [0.3, 0.4) is 0 Å². The molecule has 3 fully saturated rings. The molecule has 21 nitrogen and oxygen atoms in total. The second-order valence-corrected chi connectivity index (χ2v) is 23.2. The molecule has 0 saturated carbocycles. The van der Waals surface area contributed by atoms with Crippen molar-refractivity contribution in [3.63, 3.8) is 0 Å². The zero-order valence-electron chi connectivity index (χ0n) is 44.4. The molecule has 0 radical (unpaired) electrons. The molecule has 4 N–H and O–H groups in total. The number of aliphatic imine (C=N–C) groups is 1. The number of aliphatic hydroxyl groups excluding tert-OH is 1. The van der Waals surface area contributed by atoms with Crippen LogP contribution in [0, 0.1) is 32.5 Å². The molecule has 416 valence electrons. The Labute approximate surface area is 467 Å². The van der Waals surface area contributed by atoms with E-state index >= 15 is 9.18 Å². The van der Waals surface area contributed by atoms with Crippen LogP contribution in [0.25, 0.3) is 37.9 Å². The lowest BCUT2D eigenvalue weighted by molar-refractivity contribution is -0.152. The number of benzene rings is 3. The summed E-state index contributed by atoms with van der Waals surface area (Å²) in [5, 5.41) is 44.6. The molecule has 6 aliphatic rings. The monoisotopic (exact) mass is 1130 g/mol. The maximum Gasteiger partial charge on any atom is 0.342 e. The molecular weight excluding hydrogens is 1070 g/mol. The number of thiophene rings is 1. The summed E-state index contributed by atoms with van der Waals surface area (Å²) in [4.78, 5) is 81.1. The predicted molar refractivity (Wildman–Crippen MR) is 295 cm³/mol. The third-order valence-electron chi connectivity index (χ3n) is 16.6. The van der Waals surface area contributed by atoms with Crippen LogP contribution in [0.15, 0.2) is 65.8 Å². The summed E-state index contributed by atoms with van der Waals surface area (Å²) in [5.74, 6) is -1.06. The van der Waals surface area contributed by atoms with E-state index in [4.69, 9.17) is 41.7 Å². The van der Waals surface area contributed by atoms with Gasteiger partial charge in [0.2, 0.25) is 23.6 Å². The normalized spacial score (nSPS) is 20.9. The van der Waals surface area contributed by atoms with Crippen LogP contribution in [0.4, 0.5) is 4.39 Å². The Morgan fingerprint density at radius 1 is 0.900 bits per heavy atom. The van der Waals surface area contributed by atoms with E-state index in [1.807, 2.05) is 52.8 Å². The lowest BCUT2D eigenvalue weighted by atomic mass is 9.88. The number of nitrogens with zero attached hydrogens (tertiary/aromatic N) is 11. The number of aliphatic hydroxyl groups is 2. The molecule has 0 spiro atoms. The van der Waals surface area contributed by atoms with E-state index in [-0.39, 0.29) is 78.8 Å². The largest absolute Gasteiger partial charge is 0.374 e. The first-order chi connectivity index (χ1) is 38.5. The van der Waals surface area contributed by atoms with Gasteiger partial charge in [0.05, 0.1) is 61.8 Å². The molecule has 4 bridgehead atoms. The van der Waals surface area contributed by atoms with Crippen molar-refractivity contribution in [3.8, 4) is 16.1 Å². The third-order valence-corrected chi connectivity index (χ3v) is 18.1. The Balaban J connectivity index is 0.727. The van der Waals surface area contributed by atoms with Gasteiger partial charge in [0.1, 0.15) is 47.8 Å². The van der Waals surface area contributed by atoms with Crippen LogP contribution < -0.4 is 15.2 Å². The van der Waals surface area contributed by atoms with E-state index in [0.29, 0.717) is 108 Å². The highest BCUT2D eigenvalue weighted by Gasteiger charge is 2.48. The number of carbonyl (C=O) groups is 5. The van der Waals surface area contributed by atoms with Crippen molar-refractivity contribution in [3.05, 3.63) is 111 Å². The van der Waals surface area contributed by atoms with Crippen LogP contribution >= 0.6 is 22.9 Å². The van der Waals surface area contributed by atoms with Gasteiger partial charge in [-0.2, -0.15) is 5.10 Å². The fourth-order valence-electron chi connectivity index (χ4n) is 12.4. The number of ether oxygens (including phenoxy) is 1.